The zero-order chi connectivity index (χ0) is 16.2. The van der Waals surface area contributed by atoms with Crippen molar-refractivity contribution in [1.82, 2.24) is 20.0 Å². The van der Waals surface area contributed by atoms with Crippen molar-refractivity contribution in [3.63, 3.8) is 0 Å². The predicted octanol–water partition coefficient (Wildman–Crippen LogP) is 2.25. The molecular weight excluding hydrogens is 314 g/mol. The number of nitrogens with zero attached hydrogens (tertiary/aromatic N) is 5. The minimum atomic E-state index is 0.0175. The van der Waals surface area contributed by atoms with Crippen molar-refractivity contribution in [3.05, 3.63) is 22.8 Å². The van der Waals surface area contributed by atoms with E-state index < -0.39 is 0 Å². The lowest BCUT2D eigenvalue weighted by Gasteiger charge is -2.32. The molecule has 0 radical (unpaired) electrons. The van der Waals surface area contributed by atoms with Gasteiger partial charge in [-0.15, -0.1) is 11.3 Å². The first-order chi connectivity index (χ1) is 11.2. The van der Waals surface area contributed by atoms with Gasteiger partial charge < -0.3 is 14.2 Å². The molecule has 7 nitrogen and oxygen atoms in total. The second kappa shape index (κ2) is 7.37. The molecule has 1 atom stereocenters. The van der Waals surface area contributed by atoms with E-state index >= 15 is 0 Å². The molecule has 1 aliphatic rings. The van der Waals surface area contributed by atoms with Gasteiger partial charge in [-0.2, -0.15) is 4.98 Å². The number of morpholine rings is 1. The van der Waals surface area contributed by atoms with Crippen LogP contribution in [0, 0.1) is 6.92 Å². The standard InChI is InChI=1S/C15H23N5O2S/c1-4-19(5-2)15-16-8-12(23-15)9-20-6-7-21-10-13(20)14-17-11(3)18-22-14/h8,13H,4-7,9-10H2,1-3H3. The van der Waals surface area contributed by atoms with Crippen molar-refractivity contribution in [2.24, 2.45) is 0 Å². The SMILES string of the molecule is CCN(CC)c1ncc(CN2CCOCC2c2nc(C)no2)s1. The molecule has 0 amide bonds. The molecule has 23 heavy (non-hydrogen) atoms. The van der Waals surface area contributed by atoms with Gasteiger partial charge in [0, 0.05) is 37.3 Å². The van der Waals surface area contributed by atoms with Gasteiger partial charge in [-0.3, -0.25) is 4.90 Å². The molecule has 0 spiro atoms. The smallest absolute Gasteiger partial charge is 0.246 e. The average molecular weight is 337 g/mol. The lowest BCUT2D eigenvalue weighted by molar-refractivity contribution is -0.0236. The predicted molar refractivity (Wildman–Crippen MR) is 88.7 cm³/mol. The minimum Gasteiger partial charge on any atom is -0.378 e. The molecule has 0 aromatic carbocycles. The maximum absolute atomic E-state index is 5.60. The topological polar surface area (TPSA) is 67.5 Å². The Morgan fingerprint density at radius 1 is 1.39 bits per heavy atom. The normalized spacial score (nSPS) is 19.2. The second-order valence-corrected chi connectivity index (χ2v) is 6.62. The lowest BCUT2D eigenvalue weighted by Crippen LogP contribution is -2.39. The summed E-state index contributed by atoms with van der Waals surface area (Å²) in [6, 6.07) is 0.0175. The Balaban J connectivity index is 1.72. The van der Waals surface area contributed by atoms with Crippen LogP contribution in [0.15, 0.2) is 10.7 Å². The average Bonchev–Trinajstić information content (AvgIpc) is 3.19. The fourth-order valence-electron chi connectivity index (χ4n) is 2.71. The number of aromatic nitrogens is 3. The molecule has 2 aromatic heterocycles. The van der Waals surface area contributed by atoms with Gasteiger partial charge in [0.2, 0.25) is 5.89 Å². The van der Waals surface area contributed by atoms with Gasteiger partial charge in [0.1, 0.15) is 6.04 Å². The number of thiazole rings is 1. The number of hydrogen-bond donors (Lipinski definition) is 0. The quantitative estimate of drug-likeness (QED) is 0.801. The Labute approximate surface area is 140 Å². The van der Waals surface area contributed by atoms with Crippen molar-refractivity contribution in [1.29, 1.82) is 0 Å². The van der Waals surface area contributed by atoms with Gasteiger partial charge >= 0.3 is 0 Å². The Morgan fingerprint density at radius 2 is 2.22 bits per heavy atom. The number of hydrogen-bond acceptors (Lipinski definition) is 8. The Kier molecular flexibility index (Phi) is 5.24. The molecule has 126 valence electrons. The van der Waals surface area contributed by atoms with Crippen LogP contribution < -0.4 is 4.90 Å². The molecule has 8 heteroatoms. The first-order valence-electron chi connectivity index (χ1n) is 8.03. The van der Waals surface area contributed by atoms with E-state index in [1.54, 1.807) is 11.3 Å². The summed E-state index contributed by atoms with van der Waals surface area (Å²) < 4.78 is 10.9. The van der Waals surface area contributed by atoms with Crippen molar-refractivity contribution >= 4 is 16.5 Å². The van der Waals surface area contributed by atoms with Crippen LogP contribution in [0.2, 0.25) is 0 Å². The highest BCUT2D eigenvalue weighted by atomic mass is 32.1. The maximum Gasteiger partial charge on any atom is 0.246 e. The van der Waals surface area contributed by atoms with E-state index in [2.05, 4.69) is 38.8 Å². The summed E-state index contributed by atoms with van der Waals surface area (Å²) in [5.41, 5.74) is 0. The summed E-state index contributed by atoms with van der Waals surface area (Å²) in [5.74, 6) is 1.29. The van der Waals surface area contributed by atoms with Gasteiger partial charge in [0.05, 0.1) is 13.2 Å². The molecule has 1 saturated heterocycles. The van der Waals surface area contributed by atoms with E-state index in [1.807, 2.05) is 13.1 Å². The molecule has 0 saturated carbocycles. The van der Waals surface area contributed by atoms with Crippen LogP contribution in [-0.4, -0.2) is 52.9 Å². The van der Waals surface area contributed by atoms with Gasteiger partial charge in [-0.05, 0) is 20.8 Å². The van der Waals surface area contributed by atoms with Gasteiger partial charge in [0.25, 0.3) is 0 Å². The fourth-order valence-corrected chi connectivity index (χ4v) is 3.78. The molecule has 1 fully saturated rings. The molecule has 2 aromatic rings. The number of anilines is 1. The molecule has 0 aliphatic carbocycles. The summed E-state index contributed by atoms with van der Waals surface area (Å²) in [6.45, 7) is 11.1. The molecule has 3 rings (SSSR count). The molecule has 1 aliphatic heterocycles. The Hall–Kier alpha value is -1.51. The highest BCUT2D eigenvalue weighted by molar-refractivity contribution is 7.15. The van der Waals surface area contributed by atoms with Crippen LogP contribution in [0.1, 0.15) is 36.5 Å². The largest absolute Gasteiger partial charge is 0.378 e. The number of rotatable bonds is 6. The zero-order valence-corrected chi connectivity index (χ0v) is 14.7. The van der Waals surface area contributed by atoms with Gasteiger partial charge in [0.15, 0.2) is 11.0 Å². The van der Waals surface area contributed by atoms with E-state index in [0.717, 1.165) is 37.9 Å². The monoisotopic (exact) mass is 337 g/mol. The van der Waals surface area contributed by atoms with Crippen LogP contribution in [0.5, 0.6) is 0 Å². The summed E-state index contributed by atoms with van der Waals surface area (Å²) in [4.78, 5) is 14.8. The van der Waals surface area contributed by atoms with Crippen molar-refractivity contribution in [2.75, 3.05) is 37.7 Å². The fraction of sp³-hybridized carbons (Fsp3) is 0.667. The summed E-state index contributed by atoms with van der Waals surface area (Å²) in [5, 5.41) is 4.98. The van der Waals surface area contributed by atoms with E-state index in [0.29, 0.717) is 18.3 Å². The van der Waals surface area contributed by atoms with E-state index in [9.17, 15) is 0 Å². The second-order valence-electron chi connectivity index (χ2n) is 5.52. The Bertz CT molecular complexity index is 625. The van der Waals surface area contributed by atoms with E-state index in [1.165, 1.54) is 4.88 Å². The highest BCUT2D eigenvalue weighted by Crippen LogP contribution is 2.28. The number of aryl methyl sites for hydroxylation is 1. The van der Waals surface area contributed by atoms with Crippen molar-refractivity contribution in [3.8, 4) is 0 Å². The molecule has 0 N–H and O–H groups in total. The van der Waals surface area contributed by atoms with Crippen LogP contribution in [0.4, 0.5) is 5.13 Å². The van der Waals surface area contributed by atoms with Crippen LogP contribution in [0.25, 0.3) is 0 Å². The third kappa shape index (κ3) is 3.70. The zero-order valence-electron chi connectivity index (χ0n) is 13.9. The lowest BCUT2D eigenvalue weighted by atomic mass is 10.2. The first-order valence-corrected chi connectivity index (χ1v) is 8.84. The third-order valence-corrected chi connectivity index (χ3v) is 5.04. The Morgan fingerprint density at radius 3 is 2.91 bits per heavy atom. The summed E-state index contributed by atoms with van der Waals surface area (Å²) in [6.07, 6.45) is 1.98. The summed E-state index contributed by atoms with van der Waals surface area (Å²) in [7, 11) is 0. The molecule has 1 unspecified atom stereocenters. The van der Waals surface area contributed by atoms with E-state index in [4.69, 9.17) is 9.26 Å². The van der Waals surface area contributed by atoms with Crippen molar-refractivity contribution < 1.29 is 9.26 Å². The maximum atomic E-state index is 5.60. The van der Waals surface area contributed by atoms with Crippen LogP contribution in [-0.2, 0) is 11.3 Å². The van der Waals surface area contributed by atoms with Gasteiger partial charge in [-0.25, -0.2) is 4.98 Å². The molecular formula is C15H23N5O2S. The summed E-state index contributed by atoms with van der Waals surface area (Å²) >= 11 is 1.75. The van der Waals surface area contributed by atoms with Crippen LogP contribution >= 0.6 is 11.3 Å². The van der Waals surface area contributed by atoms with Crippen molar-refractivity contribution in [2.45, 2.75) is 33.4 Å². The molecule has 0 bridgehead atoms. The van der Waals surface area contributed by atoms with E-state index in [-0.39, 0.29) is 6.04 Å². The minimum absolute atomic E-state index is 0.0175. The van der Waals surface area contributed by atoms with Crippen LogP contribution in [0.3, 0.4) is 0 Å². The highest BCUT2D eigenvalue weighted by Gasteiger charge is 2.29. The number of ether oxygens (including phenoxy) is 1. The van der Waals surface area contributed by atoms with Gasteiger partial charge in [-0.1, -0.05) is 5.16 Å². The third-order valence-electron chi connectivity index (χ3n) is 4.00. The first kappa shape index (κ1) is 16.4. The molecule has 3 heterocycles.